The van der Waals surface area contributed by atoms with E-state index < -0.39 is 5.97 Å². The molecule has 1 aliphatic heterocycles. The van der Waals surface area contributed by atoms with Crippen molar-refractivity contribution in [3.05, 3.63) is 35.4 Å². The molecule has 1 fully saturated rings. The number of nitrogens with zero attached hydrogens (tertiary/aromatic N) is 3. The molecule has 0 bridgehead atoms. The molecule has 6 nitrogen and oxygen atoms in total. The molecule has 1 aromatic carbocycles. The normalized spacial score (nSPS) is 18.1. The van der Waals surface area contributed by atoms with Crippen LogP contribution < -0.4 is 0 Å². The SMILES string of the molecule is CCCN(Cc1ccc(C)cc1)C(=O)CN1CCCC(N(C)CC(=O)O)CC1. The molecule has 1 saturated heterocycles. The Labute approximate surface area is 169 Å². The van der Waals surface area contributed by atoms with Crippen molar-refractivity contribution in [2.45, 2.75) is 52.1 Å². The first-order chi connectivity index (χ1) is 13.4. The number of aliphatic carboxylic acids is 1. The number of amides is 1. The van der Waals surface area contributed by atoms with Crippen LogP contribution in [0.15, 0.2) is 24.3 Å². The van der Waals surface area contributed by atoms with Crippen molar-refractivity contribution >= 4 is 11.9 Å². The maximum Gasteiger partial charge on any atom is 0.317 e. The Morgan fingerprint density at radius 1 is 1.18 bits per heavy atom. The number of carbonyl (C=O) groups is 2. The Morgan fingerprint density at radius 2 is 1.89 bits per heavy atom. The Bertz CT molecular complexity index is 632. The van der Waals surface area contributed by atoms with Gasteiger partial charge in [0.05, 0.1) is 13.1 Å². The van der Waals surface area contributed by atoms with Gasteiger partial charge in [-0.05, 0) is 51.8 Å². The lowest BCUT2D eigenvalue weighted by molar-refractivity contribution is -0.138. The van der Waals surface area contributed by atoms with Crippen molar-refractivity contribution in [1.82, 2.24) is 14.7 Å². The fourth-order valence-electron chi connectivity index (χ4n) is 3.85. The highest BCUT2D eigenvalue weighted by molar-refractivity contribution is 5.78. The van der Waals surface area contributed by atoms with Gasteiger partial charge in [-0.2, -0.15) is 0 Å². The van der Waals surface area contributed by atoms with Crippen LogP contribution in [0.1, 0.15) is 43.7 Å². The second-order valence-corrected chi connectivity index (χ2v) is 7.97. The summed E-state index contributed by atoms with van der Waals surface area (Å²) in [6.45, 7) is 7.85. The number of hydrogen-bond acceptors (Lipinski definition) is 4. The molecule has 2 rings (SSSR count). The van der Waals surface area contributed by atoms with E-state index >= 15 is 0 Å². The molecule has 28 heavy (non-hydrogen) atoms. The molecule has 6 heteroatoms. The topological polar surface area (TPSA) is 64.1 Å². The molecule has 1 aliphatic rings. The van der Waals surface area contributed by atoms with Gasteiger partial charge < -0.3 is 10.0 Å². The first-order valence-electron chi connectivity index (χ1n) is 10.4. The molecule has 0 radical (unpaired) electrons. The Kier molecular flexibility index (Phi) is 8.93. The smallest absolute Gasteiger partial charge is 0.317 e. The number of carbonyl (C=O) groups excluding carboxylic acids is 1. The predicted octanol–water partition coefficient (Wildman–Crippen LogP) is 2.60. The Hall–Kier alpha value is -1.92. The van der Waals surface area contributed by atoms with Gasteiger partial charge in [-0.25, -0.2) is 0 Å². The summed E-state index contributed by atoms with van der Waals surface area (Å²) in [6.07, 6.45) is 3.83. The minimum Gasteiger partial charge on any atom is -0.480 e. The highest BCUT2D eigenvalue weighted by atomic mass is 16.4. The molecule has 156 valence electrons. The molecule has 1 aromatic rings. The standard InChI is InChI=1S/C22H35N3O3/c1-4-12-25(15-19-9-7-18(2)8-10-19)21(26)16-24-13-5-6-20(11-14-24)23(3)17-22(27)28/h7-10,20H,4-6,11-17H2,1-3H3,(H,27,28). The average molecular weight is 390 g/mol. The van der Waals surface area contributed by atoms with E-state index in [-0.39, 0.29) is 18.5 Å². The number of rotatable bonds is 9. The van der Waals surface area contributed by atoms with Crippen LogP contribution in [-0.2, 0) is 16.1 Å². The summed E-state index contributed by atoms with van der Waals surface area (Å²) in [5, 5.41) is 9.00. The average Bonchev–Trinajstić information content (AvgIpc) is 2.88. The fraction of sp³-hybridized carbons (Fsp3) is 0.636. The van der Waals surface area contributed by atoms with E-state index in [2.05, 4.69) is 43.0 Å². The van der Waals surface area contributed by atoms with E-state index in [0.29, 0.717) is 13.1 Å². The van der Waals surface area contributed by atoms with Gasteiger partial charge >= 0.3 is 5.97 Å². The molecule has 0 aliphatic carbocycles. The van der Waals surface area contributed by atoms with Gasteiger partial charge in [-0.1, -0.05) is 36.8 Å². The number of likely N-dealkylation sites (N-methyl/N-ethyl adjacent to an activating group) is 1. The summed E-state index contributed by atoms with van der Waals surface area (Å²) in [7, 11) is 1.88. The first-order valence-corrected chi connectivity index (χ1v) is 10.4. The van der Waals surface area contributed by atoms with Crippen molar-refractivity contribution in [2.24, 2.45) is 0 Å². The number of likely N-dealkylation sites (tertiary alicyclic amines) is 1. The second-order valence-electron chi connectivity index (χ2n) is 7.97. The molecule has 1 N–H and O–H groups in total. The van der Waals surface area contributed by atoms with Gasteiger partial charge in [-0.3, -0.25) is 19.4 Å². The number of carboxylic acid groups (broad SMARTS) is 1. The fourth-order valence-corrected chi connectivity index (χ4v) is 3.85. The van der Waals surface area contributed by atoms with Crippen LogP contribution in [0.3, 0.4) is 0 Å². The second kappa shape index (κ2) is 11.2. The van der Waals surface area contributed by atoms with Crippen LogP contribution in [0.5, 0.6) is 0 Å². The number of benzene rings is 1. The summed E-state index contributed by atoms with van der Waals surface area (Å²) in [4.78, 5) is 30.0. The third-order valence-electron chi connectivity index (χ3n) is 5.50. The zero-order valence-electron chi connectivity index (χ0n) is 17.6. The third kappa shape index (κ3) is 7.24. The quantitative estimate of drug-likeness (QED) is 0.703. The molecule has 1 heterocycles. The highest BCUT2D eigenvalue weighted by Gasteiger charge is 2.24. The van der Waals surface area contributed by atoms with Gasteiger partial charge in [0, 0.05) is 25.7 Å². The minimum atomic E-state index is -0.787. The van der Waals surface area contributed by atoms with Crippen LogP contribution in [-0.4, -0.2) is 77.5 Å². The highest BCUT2D eigenvalue weighted by Crippen LogP contribution is 2.16. The van der Waals surface area contributed by atoms with Crippen molar-refractivity contribution in [1.29, 1.82) is 0 Å². The minimum absolute atomic E-state index is 0.0738. The lowest BCUT2D eigenvalue weighted by Gasteiger charge is -2.27. The summed E-state index contributed by atoms with van der Waals surface area (Å²) in [6, 6.07) is 8.65. The summed E-state index contributed by atoms with van der Waals surface area (Å²) in [5.41, 5.74) is 2.39. The molecular formula is C22H35N3O3. The Morgan fingerprint density at radius 3 is 2.54 bits per heavy atom. The largest absolute Gasteiger partial charge is 0.480 e. The molecule has 1 atom stereocenters. The molecule has 1 unspecified atom stereocenters. The van der Waals surface area contributed by atoms with Crippen LogP contribution in [0.4, 0.5) is 0 Å². The van der Waals surface area contributed by atoms with E-state index in [1.165, 1.54) is 11.1 Å². The third-order valence-corrected chi connectivity index (χ3v) is 5.50. The predicted molar refractivity (Wildman–Crippen MR) is 111 cm³/mol. The lowest BCUT2D eigenvalue weighted by atomic mass is 10.1. The van der Waals surface area contributed by atoms with Gasteiger partial charge in [0.1, 0.15) is 0 Å². The molecular weight excluding hydrogens is 354 g/mol. The molecule has 0 saturated carbocycles. The first kappa shape index (κ1) is 22.4. The number of carboxylic acids is 1. The van der Waals surface area contributed by atoms with E-state index in [4.69, 9.17) is 5.11 Å². The zero-order valence-corrected chi connectivity index (χ0v) is 17.6. The summed E-state index contributed by atoms with van der Waals surface area (Å²) >= 11 is 0. The molecule has 0 spiro atoms. The van der Waals surface area contributed by atoms with E-state index in [0.717, 1.165) is 45.3 Å². The van der Waals surface area contributed by atoms with E-state index in [1.54, 1.807) is 0 Å². The monoisotopic (exact) mass is 389 g/mol. The van der Waals surface area contributed by atoms with Crippen LogP contribution in [0.2, 0.25) is 0 Å². The van der Waals surface area contributed by atoms with Crippen molar-refractivity contribution in [2.75, 3.05) is 39.8 Å². The van der Waals surface area contributed by atoms with E-state index in [9.17, 15) is 9.59 Å². The van der Waals surface area contributed by atoms with Crippen molar-refractivity contribution in [3.8, 4) is 0 Å². The summed E-state index contributed by atoms with van der Waals surface area (Å²) in [5.74, 6) is -0.607. The molecule has 1 amide bonds. The van der Waals surface area contributed by atoms with Gasteiger partial charge in [0.15, 0.2) is 0 Å². The molecule has 0 aromatic heterocycles. The van der Waals surface area contributed by atoms with E-state index in [1.807, 2.05) is 16.8 Å². The number of aryl methyl sites for hydroxylation is 1. The zero-order chi connectivity index (χ0) is 20.5. The van der Waals surface area contributed by atoms with Crippen molar-refractivity contribution < 1.29 is 14.7 Å². The van der Waals surface area contributed by atoms with Crippen LogP contribution in [0.25, 0.3) is 0 Å². The van der Waals surface area contributed by atoms with Crippen LogP contribution in [0, 0.1) is 6.92 Å². The summed E-state index contributed by atoms with van der Waals surface area (Å²) < 4.78 is 0. The number of hydrogen-bond donors (Lipinski definition) is 1. The maximum atomic E-state index is 12.9. The maximum absolute atomic E-state index is 12.9. The van der Waals surface area contributed by atoms with Gasteiger partial charge in [-0.15, -0.1) is 0 Å². The van der Waals surface area contributed by atoms with Gasteiger partial charge in [0.2, 0.25) is 5.91 Å². The van der Waals surface area contributed by atoms with Gasteiger partial charge in [0.25, 0.3) is 0 Å². The lowest BCUT2D eigenvalue weighted by Crippen LogP contribution is -2.41. The van der Waals surface area contributed by atoms with Crippen LogP contribution >= 0.6 is 0 Å². The van der Waals surface area contributed by atoms with Crippen molar-refractivity contribution in [3.63, 3.8) is 0 Å². The Balaban J connectivity index is 1.89.